The van der Waals surface area contributed by atoms with E-state index in [-0.39, 0.29) is 11.9 Å². The van der Waals surface area contributed by atoms with Crippen LogP contribution in [0.1, 0.15) is 17.3 Å². The number of hydrogen-bond acceptors (Lipinski definition) is 4. The summed E-state index contributed by atoms with van der Waals surface area (Å²) in [5, 5.41) is 1.37. The molecule has 3 rings (SSSR count). The van der Waals surface area contributed by atoms with Crippen molar-refractivity contribution in [2.24, 2.45) is 5.84 Å². The van der Waals surface area contributed by atoms with Crippen LogP contribution in [0.5, 0.6) is 0 Å². The number of nitrogens with two attached hydrogens (primary N) is 1. The highest BCUT2D eigenvalue weighted by Gasteiger charge is 2.17. The van der Waals surface area contributed by atoms with Crippen LogP contribution in [-0.2, 0) is 0 Å². The molecule has 0 aliphatic rings. The molecule has 4 nitrogen and oxygen atoms in total. The van der Waals surface area contributed by atoms with Crippen LogP contribution >= 0.6 is 0 Å². The molecule has 3 N–H and O–H groups in total. The van der Waals surface area contributed by atoms with Crippen molar-refractivity contribution in [2.75, 3.05) is 0 Å². The molecule has 0 fully saturated rings. The maximum absolute atomic E-state index is 13.9. The molecule has 1 aromatic heterocycles. The van der Waals surface area contributed by atoms with Gasteiger partial charge in [-0.3, -0.25) is 15.8 Å². The zero-order valence-electron chi connectivity index (χ0n) is 10.6. The molecule has 0 aliphatic heterocycles. The molecular formula is C15H13FN4. The van der Waals surface area contributed by atoms with Gasteiger partial charge in [-0.2, -0.15) is 0 Å². The van der Waals surface area contributed by atoms with Gasteiger partial charge in [0.05, 0.1) is 17.9 Å². The number of nitrogens with zero attached hydrogens (tertiary/aromatic N) is 2. The summed E-state index contributed by atoms with van der Waals surface area (Å²) in [6.07, 6.45) is 4.84. The van der Waals surface area contributed by atoms with E-state index >= 15 is 0 Å². The summed E-state index contributed by atoms with van der Waals surface area (Å²) in [5.74, 6) is 5.40. The van der Waals surface area contributed by atoms with E-state index < -0.39 is 0 Å². The Kier molecular flexibility index (Phi) is 3.37. The number of rotatable bonds is 3. The Hall–Kier alpha value is -2.37. The summed E-state index contributed by atoms with van der Waals surface area (Å²) < 4.78 is 13.9. The number of halogens is 1. The largest absolute Gasteiger partial charge is 0.271 e. The lowest BCUT2D eigenvalue weighted by molar-refractivity contribution is 0.615. The van der Waals surface area contributed by atoms with Crippen LogP contribution in [0, 0.1) is 5.82 Å². The van der Waals surface area contributed by atoms with Gasteiger partial charge < -0.3 is 0 Å². The molecule has 0 saturated heterocycles. The van der Waals surface area contributed by atoms with E-state index in [4.69, 9.17) is 5.84 Å². The predicted octanol–water partition coefficient (Wildman–Crippen LogP) is 2.32. The van der Waals surface area contributed by atoms with Crippen molar-refractivity contribution in [3.8, 4) is 0 Å². The normalized spacial score (nSPS) is 12.5. The predicted molar refractivity (Wildman–Crippen MR) is 75.1 cm³/mol. The van der Waals surface area contributed by atoms with Crippen molar-refractivity contribution in [1.82, 2.24) is 15.4 Å². The zero-order chi connectivity index (χ0) is 13.9. The van der Waals surface area contributed by atoms with Gasteiger partial charge in [-0.1, -0.05) is 30.3 Å². The molecule has 2 aromatic carbocycles. The Labute approximate surface area is 115 Å². The minimum atomic E-state index is -0.339. The van der Waals surface area contributed by atoms with E-state index in [2.05, 4.69) is 15.4 Å². The van der Waals surface area contributed by atoms with Gasteiger partial charge in [0.25, 0.3) is 0 Å². The molecule has 0 spiro atoms. The average Bonchev–Trinajstić information content (AvgIpc) is 2.52. The van der Waals surface area contributed by atoms with Crippen LogP contribution < -0.4 is 11.3 Å². The molecular weight excluding hydrogens is 255 g/mol. The second-order valence-corrected chi connectivity index (χ2v) is 4.41. The van der Waals surface area contributed by atoms with Crippen LogP contribution in [0.2, 0.25) is 0 Å². The van der Waals surface area contributed by atoms with Crippen LogP contribution in [0.4, 0.5) is 4.39 Å². The van der Waals surface area contributed by atoms with Crippen molar-refractivity contribution in [3.05, 3.63) is 72.1 Å². The number of nitrogens with one attached hydrogen (secondary N) is 1. The lowest BCUT2D eigenvalue weighted by atomic mass is 9.97. The first-order chi connectivity index (χ1) is 9.81. The molecule has 1 unspecified atom stereocenters. The van der Waals surface area contributed by atoms with Gasteiger partial charge in [0.2, 0.25) is 0 Å². The van der Waals surface area contributed by atoms with E-state index in [0.717, 1.165) is 10.9 Å². The smallest absolute Gasteiger partial charge is 0.131 e. The van der Waals surface area contributed by atoms with Gasteiger partial charge in [-0.05, 0) is 17.0 Å². The standard InChI is InChI=1S/C15H13FN4/c16-13-6-5-12(10-3-1-2-4-11(10)13)15(20-17)14-9-18-7-8-19-14/h1-9,15,20H,17H2. The van der Waals surface area contributed by atoms with Crippen molar-refractivity contribution in [1.29, 1.82) is 0 Å². The van der Waals surface area contributed by atoms with Gasteiger partial charge in [-0.15, -0.1) is 0 Å². The molecule has 100 valence electrons. The van der Waals surface area contributed by atoms with E-state index in [1.54, 1.807) is 30.7 Å². The first-order valence-electron chi connectivity index (χ1n) is 6.20. The van der Waals surface area contributed by atoms with Gasteiger partial charge in [0, 0.05) is 17.8 Å². The molecule has 0 amide bonds. The maximum atomic E-state index is 13.9. The molecule has 1 heterocycles. The van der Waals surface area contributed by atoms with Crippen LogP contribution in [-0.4, -0.2) is 9.97 Å². The molecule has 20 heavy (non-hydrogen) atoms. The van der Waals surface area contributed by atoms with E-state index in [9.17, 15) is 4.39 Å². The number of fused-ring (bicyclic) bond motifs is 1. The number of aromatic nitrogens is 2. The SMILES string of the molecule is NNC(c1cnccn1)c1ccc(F)c2ccccc12. The van der Waals surface area contributed by atoms with Crippen molar-refractivity contribution < 1.29 is 4.39 Å². The number of hydrogen-bond donors (Lipinski definition) is 2. The molecule has 1 atom stereocenters. The highest BCUT2D eigenvalue weighted by Crippen LogP contribution is 2.28. The molecule has 0 bridgehead atoms. The van der Waals surface area contributed by atoms with Gasteiger partial charge in [0.15, 0.2) is 0 Å². The minimum absolute atomic E-state index is 0.251. The molecule has 0 aliphatic carbocycles. The van der Waals surface area contributed by atoms with Crippen molar-refractivity contribution in [3.63, 3.8) is 0 Å². The summed E-state index contributed by atoms with van der Waals surface area (Å²) in [5.41, 5.74) is 4.27. The monoisotopic (exact) mass is 268 g/mol. The summed E-state index contributed by atoms with van der Waals surface area (Å²) in [6, 6.07) is 10.1. The number of hydrazine groups is 1. The molecule has 5 heteroatoms. The van der Waals surface area contributed by atoms with Crippen LogP contribution in [0.15, 0.2) is 55.0 Å². The second-order valence-electron chi connectivity index (χ2n) is 4.41. The lowest BCUT2D eigenvalue weighted by Gasteiger charge is -2.17. The zero-order valence-corrected chi connectivity index (χ0v) is 10.6. The second kappa shape index (κ2) is 5.32. The topological polar surface area (TPSA) is 63.8 Å². The Morgan fingerprint density at radius 1 is 1.05 bits per heavy atom. The quantitative estimate of drug-likeness (QED) is 0.565. The Balaban J connectivity index is 2.21. The van der Waals surface area contributed by atoms with Crippen LogP contribution in [0.25, 0.3) is 10.8 Å². The summed E-state index contributed by atoms with van der Waals surface area (Å²) >= 11 is 0. The molecule has 0 saturated carbocycles. The third-order valence-electron chi connectivity index (χ3n) is 3.26. The van der Waals surface area contributed by atoms with E-state index in [1.165, 1.54) is 6.07 Å². The fraction of sp³-hybridized carbons (Fsp3) is 0.0667. The maximum Gasteiger partial charge on any atom is 0.131 e. The van der Waals surface area contributed by atoms with Crippen LogP contribution in [0.3, 0.4) is 0 Å². The van der Waals surface area contributed by atoms with Gasteiger partial charge >= 0.3 is 0 Å². The van der Waals surface area contributed by atoms with Gasteiger partial charge in [-0.25, -0.2) is 9.82 Å². The van der Waals surface area contributed by atoms with E-state index in [1.807, 2.05) is 18.2 Å². The first-order valence-corrected chi connectivity index (χ1v) is 6.20. The molecule has 3 aromatic rings. The van der Waals surface area contributed by atoms with Crippen molar-refractivity contribution in [2.45, 2.75) is 6.04 Å². The lowest BCUT2D eigenvalue weighted by Crippen LogP contribution is -2.29. The Morgan fingerprint density at radius 3 is 2.55 bits per heavy atom. The highest BCUT2D eigenvalue weighted by atomic mass is 19.1. The fourth-order valence-electron chi connectivity index (χ4n) is 2.33. The average molecular weight is 268 g/mol. The Bertz CT molecular complexity index is 730. The summed E-state index contributed by atoms with van der Waals surface area (Å²) in [7, 11) is 0. The summed E-state index contributed by atoms with van der Waals surface area (Å²) in [4.78, 5) is 8.30. The van der Waals surface area contributed by atoms with Gasteiger partial charge in [0.1, 0.15) is 5.82 Å². The minimum Gasteiger partial charge on any atom is -0.271 e. The third-order valence-corrected chi connectivity index (χ3v) is 3.26. The number of benzene rings is 2. The third kappa shape index (κ3) is 2.13. The fourth-order valence-corrected chi connectivity index (χ4v) is 2.33. The molecule has 0 radical (unpaired) electrons. The van der Waals surface area contributed by atoms with E-state index in [0.29, 0.717) is 11.1 Å². The summed E-state index contributed by atoms with van der Waals surface area (Å²) in [6.45, 7) is 0. The van der Waals surface area contributed by atoms with Crippen molar-refractivity contribution >= 4 is 10.8 Å². The highest BCUT2D eigenvalue weighted by molar-refractivity contribution is 5.87. The Morgan fingerprint density at radius 2 is 1.85 bits per heavy atom. The first kappa shape index (κ1) is 12.7.